The van der Waals surface area contributed by atoms with Crippen LogP contribution in [-0.2, 0) is 34.5 Å². The maximum Gasteiger partial charge on any atom is 0.323 e. The Labute approximate surface area is 127 Å². The summed E-state index contributed by atoms with van der Waals surface area (Å²) in [4.78, 5) is 14.9. The van der Waals surface area contributed by atoms with Crippen molar-refractivity contribution in [1.29, 1.82) is 0 Å². The van der Waals surface area contributed by atoms with Gasteiger partial charge in [-0.2, -0.15) is 0 Å². The van der Waals surface area contributed by atoms with E-state index in [1.807, 2.05) is 0 Å². The third-order valence-corrected chi connectivity index (χ3v) is 3.90. The first-order valence-corrected chi connectivity index (χ1v) is 7.95. The Balaban J connectivity index is 1.92. The Morgan fingerprint density at radius 3 is 2.55 bits per heavy atom. The molecule has 0 spiro atoms. The highest BCUT2D eigenvalue weighted by Crippen LogP contribution is 2.08. The summed E-state index contributed by atoms with van der Waals surface area (Å²) in [6.45, 7) is 0.752. The van der Waals surface area contributed by atoms with E-state index in [0.29, 0.717) is 18.9 Å². The molecule has 1 heterocycles. The molecule has 118 valence electrons. The number of hydrogen-bond donors (Lipinski definition) is 3. The van der Waals surface area contributed by atoms with E-state index < -0.39 is 16.0 Å². The number of sulfonamides is 1. The van der Waals surface area contributed by atoms with E-state index in [4.69, 9.17) is 10.2 Å². The van der Waals surface area contributed by atoms with Crippen molar-refractivity contribution in [1.82, 2.24) is 14.9 Å². The standard InChI is InChI=1S/C13H16N4O4S/c14-22(20,21)11-3-1-10(2-4-11)7-15-8-12-16-5-6-17(12)9-13(18)19/h1-6,15H,7-9H2,(H,18,19)(H2,14,20,21). The minimum absolute atomic E-state index is 0.0632. The number of carboxylic acids is 1. The quantitative estimate of drug-likeness (QED) is 0.653. The van der Waals surface area contributed by atoms with Gasteiger partial charge in [0.05, 0.1) is 11.4 Å². The summed E-state index contributed by atoms with van der Waals surface area (Å²) >= 11 is 0. The second-order valence-corrected chi connectivity index (χ2v) is 6.22. The van der Waals surface area contributed by atoms with Crippen molar-refractivity contribution in [2.24, 2.45) is 5.14 Å². The van der Waals surface area contributed by atoms with Gasteiger partial charge in [0, 0.05) is 18.9 Å². The number of rotatable bonds is 7. The zero-order valence-corrected chi connectivity index (χ0v) is 12.5. The van der Waals surface area contributed by atoms with Crippen molar-refractivity contribution >= 4 is 16.0 Å². The van der Waals surface area contributed by atoms with Crippen LogP contribution in [0, 0.1) is 0 Å². The number of carboxylic acid groups (broad SMARTS) is 1. The van der Waals surface area contributed by atoms with Crippen molar-refractivity contribution in [3.63, 3.8) is 0 Å². The molecule has 0 amide bonds. The molecule has 0 unspecified atom stereocenters. The van der Waals surface area contributed by atoms with Gasteiger partial charge in [-0.25, -0.2) is 18.5 Å². The summed E-state index contributed by atoms with van der Waals surface area (Å²) < 4.78 is 23.8. The lowest BCUT2D eigenvalue weighted by atomic mass is 10.2. The lowest BCUT2D eigenvalue weighted by Crippen LogP contribution is -2.19. The van der Waals surface area contributed by atoms with Gasteiger partial charge in [0.15, 0.2) is 0 Å². The molecule has 0 fully saturated rings. The molecule has 1 aromatic carbocycles. The van der Waals surface area contributed by atoms with Gasteiger partial charge in [-0.05, 0) is 17.7 Å². The highest BCUT2D eigenvalue weighted by Gasteiger charge is 2.08. The zero-order valence-electron chi connectivity index (χ0n) is 11.6. The van der Waals surface area contributed by atoms with Gasteiger partial charge < -0.3 is 15.0 Å². The molecule has 0 saturated carbocycles. The molecule has 2 rings (SSSR count). The summed E-state index contributed by atoms with van der Waals surface area (Å²) in [6, 6.07) is 6.21. The molecule has 22 heavy (non-hydrogen) atoms. The Morgan fingerprint density at radius 2 is 1.95 bits per heavy atom. The van der Waals surface area contributed by atoms with Crippen molar-refractivity contribution in [3.05, 3.63) is 48.0 Å². The van der Waals surface area contributed by atoms with Crippen LogP contribution in [0.2, 0.25) is 0 Å². The minimum atomic E-state index is -3.68. The molecule has 1 aromatic heterocycles. The van der Waals surface area contributed by atoms with Gasteiger partial charge >= 0.3 is 5.97 Å². The Kier molecular flexibility index (Phi) is 4.91. The van der Waals surface area contributed by atoms with Gasteiger partial charge in [-0.1, -0.05) is 12.1 Å². The fourth-order valence-corrected chi connectivity index (χ4v) is 2.43. The molecule has 8 nitrogen and oxygen atoms in total. The third-order valence-electron chi connectivity index (χ3n) is 2.97. The van der Waals surface area contributed by atoms with Crippen LogP contribution in [0.15, 0.2) is 41.6 Å². The first-order valence-electron chi connectivity index (χ1n) is 6.40. The maximum absolute atomic E-state index is 11.1. The lowest BCUT2D eigenvalue weighted by molar-refractivity contribution is -0.137. The van der Waals surface area contributed by atoms with Gasteiger partial charge in [0.25, 0.3) is 0 Å². The maximum atomic E-state index is 11.1. The van der Waals surface area contributed by atoms with Crippen LogP contribution in [0.5, 0.6) is 0 Å². The van der Waals surface area contributed by atoms with Gasteiger partial charge in [0.2, 0.25) is 10.0 Å². The second kappa shape index (κ2) is 6.69. The summed E-state index contributed by atoms with van der Waals surface area (Å²) in [5.41, 5.74) is 0.878. The summed E-state index contributed by atoms with van der Waals surface area (Å²) in [5, 5.41) is 16.9. The van der Waals surface area contributed by atoms with Crippen LogP contribution in [0.3, 0.4) is 0 Å². The molecule has 0 aliphatic heterocycles. The summed E-state index contributed by atoms with van der Waals surface area (Å²) in [5.74, 6) is -0.318. The number of nitrogens with two attached hydrogens (primary N) is 1. The molecule has 0 aliphatic carbocycles. The number of hydrogen-bond acceptors (Lipinski definition) is 5. The van der Waals surface area contributed by atoms with E-state index in [1.54, 1.807) is 29.1 Å². The predicted octanol–water partition coefficient (Wildman–Crippen LogP) is -0.0951. The molecule has 0 bridgehead atoms. The monoisotopic (exact) mass is 324 g/mol. The molecule has 4 N–H and O–H groups in total. The number of nitrogens with one attached hydrogen (secondary N) is 1. The van der Waals surface area contributed by atoms with E-state index in [0.717, 1.165) is 5.56 Å². The molecule has 2 aromatic rings. The smallest absolute Gasteiger partial charge is 0.323 e. The van der Waals surface area contributed by atoms with Gasteiger partial charge in [0.1, 0.15) is 12.4 Å². The van der Waals surface area contributed by atoms with Crippen molar-refractivity contribution in [2.45, 2.75) is 24.5 Å². The Bertz CT molecular complexity index is 753. The fourth-order valence-electron chi connectivity index (χ4n) is 1.91. The summed E-state index contributed by atoms with van der Waals surface area (Å²) in [6.07, 6.45) is 3.15. The van der Waals surface area contributed by atoms with Crippen molar-refractivity contribution in [3.8, 4) is 0 Å². The Morgan fingerprint density at radius 1 is 1.27 bits per heavy atom. The number of aliphatic carboxylic acids is 1. The number of nitrogens with zero attached hydrogens (tertiary/aromatic N) is 2. The number of imidazole rings is 1. The average molecular weight is 324 g/mol. The third kappa shape index (κ3) is 4.38. The van der Waals surface area contributed by atoms with Crippen LogP contribution in [0.4, 0.5) is 0 Å². The predicted molar refractivity (Wildman–Crippen MR) is 78.2 cm³/mol. The Hall–Kier alpha value is -2.23. The number of aromatic nitrogens is 2. The molecule has 0 aliphatic rings. The van der Waals surface area contributed by atoms with Crippen LogP contribution < -0.4 is 10.5 Å². The van der Waals surface area contributed by atoms with Gasteiger partial charge in [-0.3, -0.25) is 4.79 Å². The van der Waals surface area contributed by atoms with E-state index in [2.05, 4.69) is 10.3 Å². The first kappa shape index (κ1) is 16.1. The SMILES string of the molecule is NS(=O)(=O)c1ccc(CNCc2nccn2CC(=O)O)cc1. The van der Waals surface area contributed by atoms with E-state index >= 15 is 0 Å². The van der Waals surface area contributed by atoms with Crippen LogP contribution in [0.1, 0.15) is 11.4 Å². The van der Waals surface area contributed by atoms with E-state index in [-0.39, 0.29) is 11.4 Å². The fraction of sp³-hybridized carbons (Fsp3) is 0.231. The molecule has 0 atom stereocenters. The van der Waals surface area contributed by atoms with Crippen LogP contribution in [0.25, 0.3) is 0 Å². The number of carbonyl (C=O) groups is 1. The highest BCUT2D eigenvalue weighted by atomic mass is 32.2. The molecule has 0 saturated heterocycles. The van der Waals surface area contributed by atoms with Gasteiger partial charge in [-0.15, -0.1) is 0 Å². The van der Waals surface area contributed by atoms with Crippen LogP contribution >= 0.6 is 0 Å². The summed E-state index contributed by atoms with van der Waals surface area (Å²) in [7, 11) is -3.68. The normalized spacial score (nSPS) is 11.5. The van der Waals surface area contributed by atoms with Crippen molar-refractivity contribution < 1.29 is 18.3 Å². The lowest BCUT2D eigenvalue weighted by Gasteiger charge is -2.07. The number of primary sulfonamides is 1. The van der Waals surface area contributed by atoms with Crippen LogP contribution in [-0.4, -0.2) is 29.0 Å². The average Bonchev–Trinajstić information content (AvgIpc) is 2.85. The van der Waals surface area contributed by atoms with E-state index in [9.17, 15) is 13.2 Å². The largest absolute Gasteiger partial charge is 0.480 e. The van der Waals surface area contributed by atoms with E-state index in [1.165, 1.54) is 12.1 Å². The van der Waals surface area contributed by atoms with Crippen molar-refractivity contribution in [2.75, 3.05) is 0 Å². The highest BCUT2D eigenvalue weighted by molar-refractivity contribution is 7.89. The topological polar surface area (TPSA) is 127 Å². The number of benzene rings is 1. The molecule has 0 radical (unpaired) electrons. The zero-order chi connectivity index (χ0) is 16.2. The molecular weight excluding hydrogens is 308 g/mol. The molecule has 9 heteroatoms. The molecular formula is C13H16N4O4S. The second-order valence-electron chi connectivity index (χ2n) is 4.66. The minimum Gasteiger partial charge on any atom is -0.480 e. The first-order chi connectivity index (χ1) is 10.4.